The van der Waals surface area contributed by atoms with Crippen molar-refractivity contribution in [1.29, 1.82) is 0 Å². The van der Waals surface area contributed by atoms with E-state index in [-0.39, 0.29) is 16.5 Å². The Morgan fingerprint density at radius 2 is 2.03 bits per heavy atom. The van der Waals surface area contributed by atoms with E-state index in [2.05, 4.69) is 4.98 Å². The molecule has 1 unspecified atom stereocenters. The van der Waals surface area contributed by atoms with E-state index in [0.29, 0.717) is 32.9 Å². The van der Waals surface area contributed by atoms with Gasteiger partial charge in [0.25, 0.3) is 5.78 Å². The third-order valence-electron chi connectivity index (χ3n) is 5.14. The molecule has 1 aliphatic heterocycles. The normalized spacial score (nSPS) is 18.4. The lowest BCUT2D eigenvalue weighted by Gasteiger charge is -2.21. The van der Waals surface area contributed by atoms with Crippen LogP contribution in [0, 0.1) is 19.7 Å². The minimum atomic E-state index is -0.855. The van der Waals surface area contributed by atoms with Gasteiger partial charge in [-0.2, -0.15) is 11.3 Å². The zero-order valence-electron chi connectivity index (χ0n) is 16.4. The fourth-order valence-electron chi connectivity index (χ4n) is 3.78. The van der Waals surface area contributed by atoms with Gasteiger partial charge < -0.3 is 9.52 Å². The Hall–Kier alpha value is -3.30. The first-order valence-corrected chi connectivity index (χ1v) is 11.1. The lowest BCUT2D eigenvalue weighted by Crippen LogP contribution is -2.29. The number of carbonyl (C=O) groups excluding carboxylic acids is 2. The number of hydrogen-bond acceptors (Lipinski definition) is 7. The van der Waals surface area contributed by atoms with Crippen LogP contribution >= 0.6 is 22.7 Å². The summed E-state index contributed by atoms with van der Waals surface area (Å²) in [5.74, 6) is -1.29. The first kappa shape index (κ1) is 19.7. The highest BCUT2D eigenvalue weighted by Crippen LogP contribution is 2.45. The van der Waals surface area contributed by atoms with E-state index in [1.165, 1.54) is 34.4 Å². The molecule has 156 valence electrons. The Morgan fingerprint density at radius 1 is 1.23 bits per heavy atom. The van der Waals surface area contributed by atoms with Crippen LogP contribution in [0.4, 0.5) is 9.52 Å². The lowest BCUT2D eigenvalue weighted by atomic mass is 9.97. The number of carbonyl (C=O) groups is 2. The third-order valence-corrected chi connectivity index (χ3v) is 6.86. The first-order valence-electron chi connectivity index (χ1n) is 9.31. The number of fused-ring (bicyclic) bond motifs is 1. The van der Waals surface area contributed by atoms with E-state index in [9.17, 15) is 19.1 Å². The van der Waals surface area contributed by atoms with Gasteiger partial charge in [-0.05, 0) is 60.5 Å². The fraction of sp³-hybridized carbons (Fsp3) is 0.136. The summed E-state index contributed by atoms with van der Waals surface area (Å²) in [5, 5.41) is 15.0. The molecule has 0 aliphatic carbocycles. The molecule has 1 N–H and O–H groups in total. The van der Waals surface area contributed by atoms with Gasteiger partial charge in [-0.1, -0.05) is 11.3 Å². The second kappa shape index (κ2) is 7.14. The topological polar surface area (TPSA) is 83.6 Å². The lowest BCUT2D eigenvalue weighted by molar-refractivity contribution is -0.132. The molecule has 0 radical (unpaired) electrons. The zero-order chi connectivity index (χ0) is 21.9. The minimum absolute atomic E-state index is 0.0299. The maximum atomic E-state index is 13.7. The predicted molar refractivity (Wildman–Crippen MR) is 117 cm³/mol. The molecule has 0 saturated carbocycles. The Morgan fingerprint density at radius 3 is 2.71 bits per heavy atom. The number of aryl methyl sites for hydroxylation is 2. The summed E-state index contributed by atoms with van der Waals surface area (Å²) < 4.78 is 19.7. The van der Waals surface area contributed by atoms with Gasteiger partial charge in [0, 0.05) is 0 Å². The van der Waals surface area contributed by atoms with Gasteiger partial charge in [0.1, 0.15) is 23.1 Å². The van der Waals surface area contributed by atoms with Crippen LogP contribution in [-0.4, -0.2) is 21.8 Å². The average Bonchev–Trinajstić information content (AvgIpc) is 3.48. The van der Waals surface area contributed by atoms with E-state index in [0.717, 1.165) is 11.3 Å². The molecule has 9 heteroatoms. The number of rotatable bonds is 3. The van der Waals surface area contributed by atoms with Crippen molar-refractivity contribution in [2.75, 3.05) is 4.90 Å². The number of aliphatic hydroxyl groups is 1. The highest BCUT2D eigenvalue weighted by molar-refractivity contribution is 7.22. The standard InChI is InChI=1S/C22H15FN2O4S2/c1-10-7-14(11(2)29-10)19(26)17-18(12-5-6-30-9-12)25(21(28)20(17)27)22-24-15-4-3-13(23)8-16(15)31-22/h3-9,18,26H,1-2H3. The maximum Gasteiger partial charge on any atom is 0.301 e. The van der Waals surface area contributed by atoms with Crippen LogP contribution in [0.25, 0.3) is 16.0 Å². The van der Waals surface area contributed by atoms with Crippen molar-refractivity contribution in [1.82, 2.24) is 4.98 Å². The molecule has 6 nitrogen and oxygen atoms in total. The van der Waals surface area contributed by atoms with Gasteiger partial charge in [-0.15, -0.1) is 0 Å². The number of furan rings is 1. The second-order valence-electron chi connectivity index (χ2n) is 7.16. The minimum Gasteiger partial charge on any atom is -0.507 e. The fourth-order valence-corrected chi connectivity index (χ4v) is 5.47. The monoisotopic (exact) mass is 454 g/mol. The van der Waals surface area contributed by atoms with Crippen molar-refractivity contribution in [3.05, 3.63) is 75.1 Å². The quantitative estimate of drug-likeness (QED) is 0.257. The van der Waals surface area contributed by atoms with Crippen LogP contribution in [0.1, 0.15) is 28.7 Å². The van der Waals surface area contributed by atoms with Crippen LogP contribution in [0.5, 0.6) is 0 Å². The molecule has 1 atom stereocenters. The number of thiazole rings is 1. The van der Waals surface area contributed by atoms with Crippen LogP contribution in [0.3, 0.4) is 0 Å². The number of halogens is 1. The molecule has 0 spiro atoms. The van der Waals surface area contributed by atoms with Crippen molar-refractivity contribution < 1.29 is 23.5 Å². The largest absolute Gasteiger partial charge is 0.507 e. The van der Waals surface area contributed by atoms with E-state index < -0.39 is 23.5 Å². The van der Waals surface area contributed by atoms with E-state index >= 15 is 0 Å². The van der Waals surface area contributed by atoms with E-state index in [1.807, 2.05) is 10.8 Å². The summed E-state index contributed by atoms with van der Waals surface area (Å²) in [6.07, 6.45) is 0. The molecule has 1 amide bonds. The predicted octanol–water partition coefficient (Wildman–Crippen LogP) is 5.33. The van der Waals surface area contributed by atoms with Gasteiger partial charge in [0.15, 0.2) is 5.13 Å². The van der Waals surface area contributed by atoms with Crippen LogP contribution in [-0.2, 0) is 9.59 Å². The first-order chi connectivity index (χ1) is 14.8. The number of Topliss-reactive ketones (excluding diaryl/α,β-unsaturated/α-hetero) is 1. The van der Waals surface area contributed by atoms with Gasteiger partial charge in [-0.3, -0.25) is 14.5 Å². The number of benzene rings is 1. The van der Waals surface area contributed by atoms with Gasteiger partial charge in [-0.25, -0.2) is 9.37 Å². The number of hydrogen-bond donors (Lipinski definition) is 1. The molecule has 4 aromatic rings. The molecule has 1 aliphatic rings. The highest BCUT2D eigenvalue weighted by Gasteiger charge is 2.48. The Balaban J connectivity index is 1.73. The number of aromatic nitrogens is 1. The maximum absolute atomic E-state index is 13.7. The summed E-state index contributed by atoms with van der Waals surface area (Å²) >= 11 is 2.53. The Kier molecular flexibility index (Phi) is 4.53. The smallest absolute Gasteiger partial charge is 0.301 e. The highest BCUT2D eigenvalue weighted by atomic mass is 32.1. The van der Waals surface area contributed by atoms with Crippen molar-refractivity contribution >= 4 is 55.5 Å². The SMILES string of the molecule is Cc1cc(C(O)=C2C(=O)C(=O)N(c3nc4ccc(F)cc4s3)C2c2ccsc2)c(C)o1. The Labute approximate surface area is 183 Å². The summed E-state index contributed by atoms with van der Waals surface area (Å²) in [7, 11) is 0. The molecule has 31 heavy (non-hydrogen) atoms. The molecule has 0 bridgehead atoms. The molecule has 3 aromatic heterocycles. The van der Waals surface area contributed by atoms with Crippen LogP contribution in [0.2, 0.25) is 0 Å². The van der Waals surface area contributed by atoms with Crippen LogP contribution < -0.4 is 4.90 Å². The average molecular weight is 455 g/mol. The van der Waals surface area contributed by atoms with Crippen molar-refractivity contribution in [3.63, 3.8) is 0 Å². The molecular weight excluding hydrogens is 439 g/mol. The zero-order valence-corrected chi connectivity index (χ0v) is 18.0. The number of thiophene rings is 1. The molecule has 1 aromatic carbocycles. The number of nitrogens with zero attached hydrogens (tertiary/aromatic N) is 2. The number of aliphatic hydroxyl groups excluding tert-OH is 1. The molecule has 5 rings (SSSR count). The molecule has 1 fully saturated rings. The van der Waals surface area contributed by atoms with Gasteiger partial charge in [0.2, 0.25) is 0 Å². The summed E-state index contributed by atoms with van der Waals surface area (Å²) in [6, 6.07) is 6.72. The van der Waals surface area contributed by atoms with Crippen molar-refractivity contribution in [2.24, 2.45) is 0 Å². The molecule has 1 saturated heterocycles. The number of amides is 1. The van der Waals surface area contributed by atoms with Crippen molar-refractivity contribution in [3.8, 4) is 0 Å². The molecular formula is C22H15FN2O4S2. The number of anilines is 1. The van der Waals surface area contributed by atoms with Crippen LogP contribution in [0.15, 0.2) is 51.1 Å². The summed E-state index contributed by atoms with van der Waals surface area (Å²) in [6.45, 7) is 3.42. The summed E-state index contributed by atoms with van der Waals surface area (Å²) in [4.78, 5) is 31.9. The number of ketones is 1. The van der Waals surface area contributed by atoms with E-state index in [4.69, 9.17) is 4.42 Å². The summed E-state index contributed by atoms with van der Waals surface area (Å²) in [5.41, 5.74) is 1.53. The van der Waals surface area contributed by atoms with Gasteiger partial charge in [0.05, 0.1) is 27.4 Å². The van der Waals surface area contributed by atoms with E-state index in [1.54, 1.807) is 26.0 Å². The third kappa shape index (κ3) is 3.08. The second-order valence-corrected chi connectivity index (χ2v) is 8.95. The molecule has 4 heterocycles. The Bertz CT molecular complexity index is 1380. The van der Waals surface area contributed by atoms with Gasteiger partial charge >= 0.3 is 5.91 Å². The van der Waals surface area contributed by atoms with Crippen molar-refractivity contribution in [2.45, 2.75) is 19.9 Å².